The first-order valence-corrected chi connectivity index (χ1v) is 18.4. The van der Waals surface area contributed by atoms with Crippen LogP contribution in [-0.4, -0.2) is 24.3 Å². The van der Waals surface area contributed by atoms with Crippen molar-refractivity contribution in [3.8, 4) is 78.9 Å². The van der Waals surface area contributed by atoms with Crippen LogP contribution in [0.2, 0.25) is 0 Å². The molecule has 0 aliphatic rings. The van der Waals surface area contributed by atoms with Crippen LogP contribution in [-0.2, 0) is 0 Å². The molecule has 0 saturated carbocycles. The summed E-state index contributed by atoms with van der Waals surface area (Å²) in [5.74, 6) is 1.88. The topological polar surface area (TPSA) is 56.0 Å². The number of hydrogen-bond donors (Lipinski definition) is 0. The van der Waals surface area contributed by atoms with E-state index in [2.05, 4.69) is 162 Å². The van der Waals surface area contributed by atoms with Crippen molar-refractivity contribution < 1.29 is 0 Å². The minimum absolute atomic E-state index is 0.619. The van der Waals surface area contributed by atoms with Crippen LogP contribution in [0.25, 0.3) is 95.4 Å². The monoisotopic (exact) mass is 703 g/mol. The average molecular weight is 704 g/mol. The second kappa shape index (κ2) is 13.8. The molecule has 0 N–H and O–H groups in total. The van der Waals surface area contributed by atoms with Gasteiger partial charge in [0.15, 0.2) is 17.5 Å². The molecule has 5 heteroatoms. The summed E-state index contributed by atoms with van der Waals surface area (Å²) >= 11 is 0. The maximum absolute atomic E-state index is 5.19. The van der Waals surface area contributed by atoms with Crippen LogP contribution >= 0.6 is 0 Å². The third-order valence-electron chi connectivity index (χ3n) is 10.1. The second-order valence-electron chi connectivity index (χ2n) is 13.5. The van der Waals surface area contributed by atoms with Gasteiger partial charge in [-0.3, -0.25) is 4.40 Å². The van der Waals surface area contributed by atoms with E-state index < -0.39 is 0 Å². The number of nitrogens with zero attached hydrogens (tertiary/aromatic N) is 5. The number of benzene rings is 7. The van der Waals surface area contributed by atoms with Crippen LogP contribution in [0.5, 0.6) is 0 Å². The number of rotatable bonds is 7. The fraction of sp³-hybridized carbons (Fsp3) is 0. The van der Waals surface area contributed by atoms with Gasteiger partial charge in [0, 0.05) is 34.0 Å². The fourth-order valence-corrected chi connectivity index (χ4v) is 7.37. The van der Waals surface area contributed by atoms with Gasteiger partial charge >= 0.3 is 0 Å². The predicted molar refractivity (Wildman–Crippen MR) is 224 cm³/mol. The van der Waals surface area contributed by atoms with Crippen LogP contribution in [0, 0.1) is 0 Å². The average Bonchev–Trinajstić information content (AvgIpc) is 3.66. The molecule has 0 aliphatic heterocycles. The Morgan fingerprint density at radius 3 is 1.56 bits per heavy atom. The molecule has 0 atom stereocenters. The van der Waals surface area contributed by atoms with Crippen molar-refractivity contribution in [3.63, 3.8) is 0 Å². The Morgan fingerprint density at radius 2 is 0.818 bits per heavy atom. The third-order valence-corrected chi connectivity index (χ3v) is 10.1. The molecule has 0 unspecified atom stereocenters. The van der Waals surface area contributed by atoms with Crippen LogP contribution in [0.4, 0.5) is 0 Å². The highest BCUT2D eigenvalue weighted by molar-refractivity contribution is 5.99. The van der Waals surface area contributed by atoms with Crippen LogP contribution < -0.4 is 0 Å². The minimum atomic E-state index is 0.619. The Balaban J connectivity index is 1.07. The molecule has 3 aromatic heterocycles. The molecular weight excluding hydrogens is 671 g/mol. The zero-order valence-corrected chi connectivity index (χ0v) is 29.8. The Bertz CT molecular complexity index is 2960. The van der Waals surface area contributed by atoms with Crippen molar-refractivity contribution in [3.05, 3.63) is 200 Å². The molecule has 0 radical (unpaired) electrons. The minimum Gasteiger partial charge on any atom is -0.299 e. The first-order valence-electron chi connectivity index (χ1n) is 18.4. The van der Waals surface area contributed by atoms with Crippen LogP contribution in [0.15, 0.2) is 200 Å². The van der Waals surface area contributed by atoms with Gasteiger partial charge in [0.25, 0.3) is 0 Å². The lowest BCUT2D eigenvalue weighted by Gasteiger charge is -2.12. The number of imidazole rings is 1. The Labute approximate surface area is 319 Å². The lowest BCUT2D eigenvalue weighted by molar-refractivity contribution is 1.07. The zero-order chi connectivity index (χ0) is 36.6. The number of pyridine rings is 1. The summed E-state index contributed by atoms with van der Waals surface area (Å²) in [6.07, 6.45) is 2.09. The second-order valence-corrected chi connectivity index (χ2v) is 13.5. The molecule has 0 bridgehead atoms. The molecule has 0 aliphatic carbocycles. The Kier molecular flexibility index (Phi) is 8.08. The van der Waals surface area contributed by atoms with E-state index in [-0.39, 0.29) is 0 Å². The quantitative estimate of drug-likeness (QED) is 0.166. The largest absolute Gasteiger partial charge is 0.299 e. The SMILES string of the molecule is c1ccc(-c2ccc(-c3nc(-c4ccccc4)nc(-c4cccc(-c5cccc(-c6c(-c7cccc8ccccc78)nc7ccccn67)c5)c4)n3)cc2)cc1. The van der Waals surface area contributed by atoms with Crippen molar-refractivity contribution >= 4 is 16.4 Å². The van der Waals surface area contributed by atoms with Gasteiger partial charge in [-0.05, 0) is 57.3 Å². The molecule has 258 valence electrons. The van der Waals surface area contributed by atoms with Crippen LogP contribution in [0.1, 0.15) is 0 Å². The number of hydrogen-bond acceptors (Lipinski definition) is 4. The Morgan fingerprint density at radius 1 is 0.327 bits per heavy atom. The van der Waals surface area contributed by atoms with Gasteiger partial charge in [-0.25, -0.2) is 19.9 Å². The highest BCUT2D eigenvalue weighted by Gasteiger charge is 2.19. The van der Waals surface area contributed by atoms with E-state index >= 15 is 0 Å². The molecule has 10 aromatic rings. The molecule has 7 aromatic carbocycles. The molecule has 5 nitrogen and oxygen atoms in total. The van der Waals surface area contributed by atoms with Gasteiger partial charge in [-0.1, -0.05) is 170 Å². The summed E-state index contributed by atoms with van der Waals surface area (Å²) in [6, 6.07) is 67.2. The van der Waals surface area contributed by atoms with Crippen LogP contribution in [0.3, 0.4) is 0 Å². The number of fused-ring (bicyclic) bond motifs is 2. The van der Waals surface area contributed by atoms with Crippen molar-refractivity contribution in [2.24, 2.45) is 0 Å². The van der Waals surface area contributed by atoms with Crippen molar-refractivity contribution in [2.75, 3.05) is 0 Å². The van der Waals surface area contributed by atoms with Gasteiger partial charge in [0.2, 0.25) is 0 Å². The van der Waals surface area contributed by atoms with Gasteiger partial charge in [0.1, 0.15) is 5.65 Å². The van der Waals surface area contributed by atoms with E-state index in [1.165, 1.54) is 16.3 Å². The highest BCUT2D eigenvalue weighted by Crippen LogP contribution is 2.38. The van der Waals surface area contributed by atoms with Gasteiger partial charge in [0.05, 0.1) is 11.4 Å². The van der Waals surface area contributed by atoms with Gasteiger partial charge in [-0.2, -0.15) is 0 Å². The Hall–Kier alpha value is -7.50. The summed E-state index contributed by atoms with van der Waals surface area (Å²) in [6.45, 7) is 0. The fourth-order valence-electron chi connectivity index (χ4n) is 7.37. The maximum Gasteiger partial charge on any atom is 0.164 e. The lowest BCUT2D eigenvalue weighted by Crippen LogP contribution is -2.00. The van der Waals surface area contributed by atoms with E-state index in [0.29, 0.717) is 17.5 Å². The van der Waals surface area contributed by atoms with E-state index in [1.807, 2.05) is 42.5 Å². The molecule has 0 fully saturated rings. The normalized spacial score (nSPS) is 11.3. The molecule has 55 heavy (non-hydrogen) atoms. The summed E-state index contributed by atoms with van der Waals surface area (Å²) in [4.78, 5) is 20.3. The maximum atomic E-state index is 5.19. The standard InChI is InChI=1S/C50H33N5/c1-3-14-34(15-4-1)35-27-29-38(30-28-35)49-52-48(37-17-5-2-6-18-37)53-50(54-49)42-23-12-21-40(33-42)39-20-11-22-41(32-39)47-46(51-45-26-9-10-31-55(45)47)44-25-13-19-36-16-7-8-24-43(36)44/h1-33H. The molecule has 0 amide bonds. The van der Waals surface area contributed by atoms with Crippen molar-refractivity contribution in [1.82, 2.24) is 24.3 Å². The van der Waals surface area contributed by atoms with Gasteiger partial charge in [-0.15, -0.1) is 0 Å². The third kappa shape index (κ3) is 6.14. The molecular formula is C50H33N5. The van der Waals surface area contributed by atoms with E-state index in [1.54, 1.807) is 0 Å². The van der Waals surface area contributed by atoms with E-state index in [0.717, 1.165) is 61.5 Å². The predicted octanol–water partition coefficient (Wildman–Crippen LogP) is 12.3. The smallest absolute Gasteiger partial charge is 0.164 e. The first-order chi connectivity index (χ1) is 27.2. The highest BCUT2D eigenvalue weighted by atomic mass is 15.0. The van der Waals surface area contributed by atoms with Crippen molar-refractivity contribution in [2.45, 2.75) is 0 Å². The molecule has 3 heterocycles. The lowest BCUT2D eigenvalue weighted by atomic mass is 9.96. The summed E-state index contributed by atoms with van der Waals surface area (Å²) in [7, 11) is 0. The summed E-state index contributed by atoms with van der Waals surface area (Å²) in [5.41, 5.74) is 12.3. The molecule has 0 saturated heterocycles. The van der Waals surface area contributed by atoms with Crippen molar-refractivity contribution in [1.29, 1.82) is 0 Å². The summed E-state index contributed by atoms with van der Waals surface area (Å²) in [5, 5.41) is 2.37. The first kappa shape index (κ1) is 32.2. The number of aromatic nitrogens is 5. The zero-order valence-electron chi connectivity index (χ0n) is 29.8. The van der Waals surface area contributed by atoms with E-state index in [4.69, 9.17) is 19.9 Å². The summed E-state index contributed by atoms with van der Waals surface area (Å²) < 4.78 is 2.19. The molecule has 10 rings (SSSR count). The van der Waals surface area contributed by atoms with E-state index in [9.17, 15) is 0 Å². The van der Waals surface area contributed by atoms with Gasteiger partial charge < -0.3 is 0 Å². The molecule has 0 spiro atoms.